The molecule has 1 saturated carbocycles. The van der Waals surface area contributed by atoms with Crippen molar-refractivity contribution in [1.29, 1.82) is 0 Å². The van der Waals surface area contributed by atoms with Crippen molar-refractivity contribution in [2.75, 3.05) is 0 Å². The fourth-order valence-electron chi connectivity index (χ4n) is 5.70. The summed E-state index contributed by atoms with van der Waals surface area (Å²) >= 11 is 0. The molecule has 0 aliphatic heterocycles. The molecule has 6 rings (SSSR count). The van der Waals surface area contributed by atoms with E-state index in [2.05, 4.69) is 47.9 Å². The first-order chi connectivity index (χ1) is 16.6. The topological polar surface area (TPSA) is 17.0 Å². The number of furan rings is 1. The zero-order valence-corrected chi connectivity index (χ0v) is 19.8. The molecule has 1 aliphatic rings. The largest absolute Gasteiger partial charge is 0.454 e. The van der Waals surface area contributed by atoms with Crippen LogP contribution in [-0.2, 0) is 7.05 Å². The second-order valence-corrected chi connectivity index (χ2v) is 9.69. The molecule has 1 aliphatic carbocycles. The van der Waals surface area contributed by atoms with Gasteiger partial charge in [0.15, 0.2) is 6.20 Å². The molecule has 0 amide bonds. The van der Waals surface area contributed by atoms with E-state index < -0.39 is 0 Å². The first-order valence-electron chi connectivity index (χ1n) is 12.3. The van der Waals surface area contributed by atoms with Gasteiger partial charge in [0.05, 0.1) is 10.9 Å². The summed E-state index contributed by atoms with van der Waals surface area (Å²) < 4.78 is 23.8. The Morgan fingerprint density at radius 1 is 0.853 bits per heavy atom. The van der Waals surface area contributed by atoms with Crippen molar-refractivity contribution in [3.63, 3.8) is 0 Å². The highest BCUT2D eigenvalue weighted by Crippen LogP contribution is 2.42. The highest BCUT2D eigenvalue weighted by molar-refractivity contribution is 6.13. The van der Waals surface area contributed by atoms with Gasteiger partial charge in [-0.25, -0.2) is 8.96 Å². The third-order valence-corrected chi connectivity index (χ3v) is 7.56. The molecular weight excluding hydrogens is 421 g/mol. The predicted octanol–water partition coefficient (Wildman–Crippen LogP) is 8.24. The number of fused-ring (bicyclic) bond motifs is 3. The third kappa shape index (κ3) is 3.42. The summed E-state index contributed by atoms with van der Waals surface area (Å²) in [6, 6.07) is 22.4. The molecule has 0 saturated heterocycles. The van der Waals surface area contributed by atoms with Crippen LogP contribution in [0.1, 0.15) is 49.1 Å². The molecule has 2 nitrogen and oxygen atoms in total. The SMILES string of the molecule is Cc1ccc2c(oc3c(-c4ccc(C5CCCCC5)cc4)ccc(F)c32)c1-c1cccc[n+]1C. The molecule has 0 radical (unpaired) electrons. The fraction of sp³-hybridized carbons (Fsp3) is 0.258. The Labute approximate surface area is 199 Å². The Morgan fingerprint density at radius 3 is 2.41 bits per heavy atom. The van der Waals surface area contributed by atoms with E-state index in [1.54, 1.807) is 6.07 Å². The first kappa shape index (κ1) is 21.1. The number of nitrogens with zero attached hydrogens (tertiary/aromatic N) is 1. The lowest BCUT2D eigenvalue weighted by atomic mass is 9.83. The van der Waals surface area contributed by atoms with Crippen LogP contribution in [0.4, 0.5) is 4.39 Å². The van der Waals surface area contributed by atoms with Gasteiger partial charge < -0.3 is 4.42 Å². The Bertz CT molecular complexity index is 1510. The van der Waals surface area contributed by atoms with Crippen molar-refractivity contribution in [1.82, 2.24) is 0 Å². The number of aromatic nitrogens is 1. The molecule has 3 aromatic carbocycles. The molecule has 3 heteroatoms. The van der Waals surface area contributed by atoms with E-state index in [4.69, 9.17) is 4.42 Å². The zero-order chi connectivity index (χ0) is 23.2. The number of hydrogen-bond donors (Lipinski definition) is 0. The Balaban J connectivity index is 1.54. The quantitative estimate of drug-likeness (QED) is 0.253. The van der Waals surface area contributed by atoms with E-state index in [1.807, 2.05) is 37.5 Å². The normalized spacial score (nSPS) is 14.8. The van der Waals surface area contributed by atoms with Crippen LogP contribution in [0.5, 0.6) is 0 Å². The smallest absolute Gasteiger partial charge is 0.216 e. The van der Waals surface area contributed by atoms with Crippen LogP contribution in [-0.4, -0.2) is 0 Å². The number of benzene rings is 3. The van der Waals surface area contributed by atoms with Gasteiger partial charge in [0.25, 0.3) is 0 Å². The van der Waals surface area contributed by atoms with Crippen LogP contribution in [0.3, 0.4) is 0 Å². The monoisotopic (exact) mass is 450 g/mol. The molecule has 0 bridgehead atoms. The van der Waals surface area contributed by atoms with Crippen LogP contribution in [0, 0.1) is 12.7 Å². The van der Waals surface area contributed by atoms with E-state index in [0.29, 0.717) is 16.9 Å². The Kier molecular flexibility index (Phi) is 5.21. The van der Waals surface area contributed by atoms with Gasteiger partial charge >= 0.3 is 0 Å². The third-order valence-electron chi connectivity index (χ3n) is 7.56. The number of pyridine rings is 1. The molecule has 5 aromatic rings. The van der Waals surface area contributed by atoms with Crippen LogP contribution < -0.4 is 4.57 Å². The maximum absolute atomic E-state index is 15.2. The van der Waals surface area contributed by atoms with Crippen molar-refractivity contribution in [2.45, 2.75) is 44.9 Å². The second-order valence-electron chi connectivity index (χ2n) is 9.69. The predicted molar refractivity (Wildman–Crippen MR) is 136 cm³/mol. The lowest BCUT2D eigenvalue weighted by Gasteiger charge is -2.22. The van der Waals surface area contributed by atoms with E-state index in [1.165, 1.54) is 37.7 Å². The maximum Gasteiger partial charge on any atom is 0.216 e. The Morgan fingerprint density at radius 2 is 1.65 bits per heavy atom. The van der Waals surface area contributed by atoms with Gasteiger partial charge in [0, 0.05) is 23.1 Å². The van der Waals surface area contributed by atoms with Crippen LogP contribution in [0.15, 0.2) is 77.3 Å². The molecular formula is C31H29FNO+. The molecule has 34 heavy (non-hydrogen) atoms. The van der Waals surface area contributed by atoms with E-state index in [-0.39, 0.29) is 5.82 Å². The highest BCUT2D eigenvalue weighted by Gasteiger charge is 2.23. The standard InChI is InChI=1S/C31H29FNO/c1-20-11-16-25-29-26(32)18-17-24(23-14-12-22(13-15-23)21-8-4-3-5-9-21)30(29)34-31(25)28(20)27-10-6-7-19-33(27)2/h6-7,10-19,21H,3-5,8-9H2,1-2H3/q+1. The molecule has 1 fully saturated rings. The van der Waals surface area contributed by atoms with Crippen molar-refractivity contribution < 1.29 is 13.4 Å². The van der Waals surface area contributed by atoms with Crippen LogP contribution >= 0.6 is 0 Å². The molecule has 2 aromatic heterocycles. The van der Waals surface area contributed by atoms with Crippen LogP contribution in [0.2, 0.25) is 0 Å². The molecule has 0 N–H and O–H groups in total. The van der Waals surface area contributed by atoms with Gasteiger partial charge in [-0.3, -0.25) is 0 Å². The maximum atomic E-state index is 15.2. The van der Waals surface area contributed by atoms with Gasteiger partial charge in [-0.15, -0.1) is 0 Å². The molecule has 0 spiro atoms. The van der Waals surface area contributed by atoms with Gasteiger partial charge in [-0.2, -0.15) is 0 Å². The molecule has 170 valence electrons. The summed E-state index contributed by atoms with van der Waals surface area (Å²) in [5.74, 6) is 0.419. The lowest BCUT2D eigenvalue weighted by Crippen LogP contribution is -2.30. The number of aryl methyl sites for hydroxylation is 2. The number of rotatable bonds is 3. The van der Waals surface area contributed by atoms with E-state index in [9.17, 15) is 0 Å². The summed E-state index contributed by atoms with van der Waals surface area (Å²) in [5.41, 5.74) is 7.93. The van der Waals surface area contributed by atoms with Gasteiger partial charge in [-0.05, 0) is 60.6 Å². The Hall–Kier alpha value is -3.46. The molecule has 2 heterocycles. The van der Waals surface area contributed by atoms with Crippen molar-refractivity contribution in [3.05, 3.63) is 89.9 Å². The minimum atomic E-state index is -0.247. The average Bonchev–Trinajstić information content (AvgIpc) is 3.26. The fourth-order valence-corrected chi connectivity index (χ4v) is 5.70. The summed E-state index contributed by atoms with van der Waals surface area (Å²) in [6.07, 6.45) is 8.59. The van der Waals surface area contributed by atoms with Gasteiger partial charge in [-0.1, -0.05) is 55.7 Å². The second kappa shape index (κ2) is 8.39. The zero-order valence-electron chi connectivity index (χ0n) is 19.8. The summed E-state index contributed by atoms with van der Waals surface area (Å²) in [5, 5.41) is 1.38. The highest BCUT2D eigenvalue weighted by atomic mass is 19.1. The number of hydrogen-bond acceptors (Lipinski definition) is 1. The lowest BCUT2D eigenvalue weighted by molar-refractivity contribution is -0.660. The van der Waals surface area contributed by atoms with Gasteiger partial charge in [0.1, 0.15) is 24.0 Å². The summed E-state index contributed by atoms with van der Waals surface area (Å²) in [4.78, 5) is 0. The summed E-state index contributed by atoms with van der Waals surface area (Å²) in [7, 11) is 2.02. The molecule has 0 atom stereocenters. The average molecular weight is 451 g/mol. The first-order valence-corrected chi connectivity index (χ1v) is 12.3. The van der Waals surface area contributed by atoms with E-state index in [0.717, 1.165) is 38.9 Å². The minimum absolute atomic E-state index is 0.247. The van der Waals surface area contributed by atoms with E-state index >= 15 is 4.39 Å². The van der Waals surface area contributed by atoms with Crippen molar-refractivity contribution in [3.8, 4) is 22.4 Å². The molecule has 0 unspecified atom stereocenters. The minimum Gasteiger partial charge on any atom is -0.454 e. The van der Waals surface area contributed by atoms with Crippen LogP contribution in [0.25, 0.3) is 44.3 Å². The van der Waals surface area contributed by atoms with Gasteiger partial charge in [0.2, 0.25) is 5.69 Å². The summed E-state index contributed by atoms with van der Waals surface area (Å²) in [6.45, 7) is 2.08. The van der Waals surface area contributed by atoms with Crippen molar-refractivity contribution >= 4 is 21.9 Å². The van der Waals surface area contributed by atoms with Crippen molar-refractivity contribution in [2.24, 2.45) is 7.05 Å². The number of halogens is 1.